The van der Waals surface area contributed by atoms with Gasteiger partial charge in [-0.15, -0.1) is 0 Å². The summed E-state index contributed by atoms with van der Waals surface area (Å²) in [5, 5.41) is 9.60. The predicted molar refractivity (Wildman–Crippen MR) is 74.1 cm³/mol. The topological polar surface area (TPSA) is 66.9 Å². The van der Waals surface area contributed by atoms with Gasteiger partial charge in [-0.05, 0) is 31.2 Å². The van der Waals surface area contributed by atoms with Crippen molar-refractivity contribution in [3.05, 3.63) is 53.6 Å². The van der Waals surface area contributed by atoms with Gasteiger partial charge in [0.1, 0.15) is 11.3 Å². The van der Waals surface area contributed by atoms with Gasteiger partial charge in [0, 0.05) is 17.1 Å². The minimum atomic E-state index is -0.682. The average Bonchev–Trinajstić information content (AvgIpc) is 2.89. The maximum atomic E-state index is 13.8. The Hall–Kier alpha value is -3.00. The van der Waals surface area contributed by atoms with Crippen molar-refractivity contribution in [1.29, 1.82) is 5.26 Å². The van der Waals surface area contributed by atoms with Crippen molar-refractivity contribution in [2.45, 2.75) is 6.92 Å². The summed E-state index contributed by atoms with van der Waals surface area (Å²) in [5.74, 6) is -0.737. The Labute approximate surface area is 119 Å². The van der Waals surface area contributed by atoms with Crippen LogP contribution in [0.15, 0.2) is 41.1 Å². The largest absolute Gasteiger partial charge is 0.456 e. The highest BCUT2D eigenvalue weighted by atomic mass is 19.1. The number of hydrogen-bond acceptors (Lipinski definition) is 4. The monoisotopic (exact) mass is 280 g/mol. The number of pyridine rings is 1. The fourth-order valence-electron chi connectivity index (χ4n) is 2.23. The zero-order valence-electron chi connectivity index (χ0n) is 11.1. The summed E-state index contributed by atoms with van der Waals surface area (Å²) in [5.41, 5.74) is 1.31. The van der Waals surface area contributed by atoms with E-state index in [0.717, 1.165) is 6.20 Å². The van der Waals surface area contributed by atoms with E-state index in [1.54, 1.807) is 24.3 Å². The molecule has 1 aromatic carbocycles. The lowest BCUT2D eigenvalue weighted by molar-refractivity contribution is 0.101. The van der Waals surface area contributed by atoms with Crippen LogP contribution in [0.25, 0.3) is 22.3 Å². The van der Waals surface area contributed by atoms with E-state index in [1.165, 1.54) is 13.1 Å². The highest BCUT2D eigenvalue weighted by Crippen LogP contribution is 2.31. The van der Waals surface area contributed by atoms with E-state index in [-0.39, 0.29) is 5.56 Å². The van der Waals surface area contributed by atoms with Crippen LogP contribution < -0.4 is 0 Å². The van der Waals surface area contributed by atoms with Crippen LogP contribution in [-0.2, 0) is 0 Å². The maximum absolute atomic E-state index is 13.8. The highest BCUT2D eigenvalue weighted by molar-refractivity contribution is 6.01. The third-order valence-corrected chi connectivity index (χ3v) is 3.16. The Morgan fingerprint density at radius 2 is 2.14 bits per heavy atom. The van der Waals surface area contributed by atoms with Crippen LogP contribution in [0.3, 0.4) is 0 Å². The summed E-state index contributed by atoms with van der Waals surface area (Å²) >= 11 is 0. The summed E-state index contributed by atoms with van der Waals surface area (Å²) in [4.78, 5) is 15.4. The molecule has 0 bridgehead atoms. The van der Waals surface area contributed by atoms with Gasteiger partial charge in [0.05, 0.1) is 23.4 Å². The van der Waals surface area contributed by atoms with Crippen LogP contribution in [-0.4, -0.2) is 10.8 Å². The number of rotatable bonds is 2. The van der Waals surface area contributed by atoms with Gasteiger partial charge in [-0.3, -0.25) is 9.78 Å². The second-order valence-corrected chi connectivity index (χ2v) is 4.58. The van der Waals surface area contributed by atoms with E-state index in [9.17, 15) is 9.18 Å². The molecule has 0 aliphatic rings. The van der Waals surface area contributed by atoms with Crippen LogP contribution in [0, 0.1) is 17.1 Å². The Kier molecular flexibility index (Phi) is 2.99. The summed E-state index contributed by atoms with van der Waals surface area (Å²) < 4.78 is 19.4. The van der Waals surface area contributed by atoms with E-state index in [2.05, 4.69) is 4.98 Å². The lowest BCUT2D eigenvalue weighted by Gasteiger charge is -2.04. The molecule has 0 radical (unpaired) electrons. The van der Waals surface area contributed by atoms with E-state index >= 15 is 0 Å². The van der Waals surface area contributed by atoms with Gasteiger partial charge in [0.15, 0.2) is 11.6 Å². The van der Waals surface area contributed by atoms with Crippen LogP contribution in [0.2, 0.25) is 0 Å². The number of furan rings is 1. The van der Waals surface area contributed by atoms with Crippen LogP contribution >= 0.6 is 0 Å². The molecule has 0 saturated heterocycles. The minimum Gasteiger partial charge on any atom is -0.456 e. The summed E-state index contributed by atoms with van der Waals surface area (Å²) in [7, 11) is 0. The normalized spacial score (nSPS) is 10.5. The van der Waals surface area contributed by atoms with Gasteiger partial charge in [-0.2, -0.15) is 5.26 Å². The lowest BCUT2D eigenvalue weighted by Crippen LogP contribution is -2.01. The number of ketones is 1. The van der Waals surface area contributed by atoms with E-state index in [0.29, 0.717) is 27.9 Å². The minimum absolute atomic E-state index is 0.0513. The first-order valence-corrected chi connectivity index (χ1v) is 6.18. The number of halogens is 1. The van der Waals surface area contributed by atoms with Crippen molar-refractivity contribution in [2.75, 3.05) is 0 Å². The molecule has 0 amide bonds. The first kappa shape index (κ1) is 13.0. The zero-order chi connectivity index (χ0) is 15.0. The number of nitriles is 1. The molecule has 3 aromatic rings. The molecular formula is C16H9FN2O2. The smallest absolute Gasteiger partial charge is 0.163 e. The number of carbonyl (C=O) groups excluding carboxylic acids is 1. The molecule has 21 heavy (non-hydrogen) atoms. The van der Waals surface area contributed by atoms with Crippen molar-refractivity contribution < 1.29 is 13.6 Å². The first-order chi connectivity index (χ1) is 10.1. The van der Waals surface area contributed by atoms with Crippen LogP contribution in [0.4, 0.5) is 4.39 Å². The molecule has 3 rings (SSSR count). The molecule has 0 fully saturated rings. The molecule has 4 nitrogen and oxygen atoms in total. The number of Topliss-reactive ketones (excluding diaryl/α,β-unsaturated/α-hetero) is 1. The molecule has 0 aliphatic heterocycles. The Balaban J connectivity index is 2.24. The second-order valence-electron chi connectivity index (χ2n) is 4.58. The third kappa shape index (κ3) is 2.17. The molecule has 0 spiro atoms. The Bertz CT molecular complexity index is 906. The summed E-state index contributed by atoms with van der Waals surface area (Å²) in [6.45, 7) is 1.29. The first-order valence-electron chi connectivity index (χ1n) is 6.18. The Morgan fingerprint density at radius 3 is 2.86 bits per heavy atom. The fourth-order valence-corrected chi connectivity index (χ4v) is 2.23. The molecule has 102 valence electrons. The van der Waals surface area contributed by atoms with E-state index < -0.39 is 11.6 Å². The number of carbonyl (C=O) groups is 1. The lowest BCUT2D eigenvalue weighted by atomic mass is 10.0. The van der Waals surface area contributed by atoms with Crippen molar-refractivity contribution >= 4 is 16.8 Å². The van der Waals surface area contributed by atoms with Gasteiger partial charge < -0.3 is 4.42 Å². The van der Waals surface area contributed by atoms with Crippen molar-refractivity contribution in [2.24, 2.45) is 0 Å². The molecule has 0 unspecified atom stereocenters. The summed E-state index contributed by atoms with van der Waals surface area (Å²) in [6.07, 6.45) is 2.39. The highest BCUT2D eigenvalue weighted by Gasteiger charge is 2.18. The molecule has 0 atom stereocenters. The van der Waals surface area contributed by atoms with Gasteiger partial charge in [-0.25, -0.2) is 4.39 Å². The summed E-state index contributed by atoms with van der Waals surface area (Å²) in [6, 6.07) is 8.67. The second kappa shape index (κ2) is 4.84. The SMILES string of the molecule is CC(=O)c1c(F)cncc1-c1cc2cc(C#N)ccc2o1. The molecular weight excluding hydrogens is 271 g/mol. The van der Waals surface area contributed by atoms with Gasteiger partial charge in [-0.1, -0.05) is 0 Å². The van der Waals surface area contributed by atoms with Crippen LogP contribution in [0.1, 0.15) is 22.8 Å². The van der Waals surface area contributed by atoms with E-state index in [4.69, 9.17) is 9.68 Å². The van der Waals surface area contributed by atoms with Gasteiger partial charge in [0.25, 0.3) is 0 Å². The fraction of sp³-hybridized carbons (Fsp3) is 0.0625. The predicted octanol–water partition coefficient (Wildman–Crippen LogP) is 3.71. The molecule has 5 heteroatoms. The van der Waals surface area contributed by atoms with Crippen LogP contribution in [0.5, 0.6) is 0 Å². The number of hydrogen-bond donors (Lipinski definition) is 0. The third-order valence-electron chi connectivity index (χ3n) is 3.16. The quantitative estimate of drug-likeness (QED) is 0.671. The number of nitrogens with zero attached hydrogens (tertiary/aromatic N) is 2. The van der Waals surface area contributed by atoms with Gasteiger partial charge >= 0.3 is 0 Å². The van der Waals surface area contributed by atoms with Crippen molar-refractivity contribution in [1.82, 2.24) is 4.98 Å². The molecule has 0 saturated carbocycles. The van der Waals surface area contributed by atoms with Crippen molar-refractivity contribution in [3.8, 4) is 17.4 Å². The standard InChI is InChI=1S/C16H9FN2O2/c1-9(20)16-12(7-19-8-13(16)17)15-5-11-4-10(6-18)2-3-14(11)21-15/h2-5,7-8H,1H3. The van der Waals surface area contributed by atoms with Crippen molar-refractivity contribution in [3.63, 3.8) is 0 Å². The molecule has 2 heterocycles. The van der Waals surface area contributed by atoms with Gasteiger partial charge in [0.2, 0.25) is 0 Å². The average molecular weight is 280 g/mol. The molecule has 0 N–H and O–H groups in total. The maximum Gasteiger partial charge on any atom is 0.163 e. The van der Waals surface area contributed by atoms with E-state index in [1.807, 2.05) is 6.07 Å². The number of fused-ring (bicyclic) bond motifs is 1. The molecule has 2 aromatic heterocycles. The number of benzene rings is 1. The number of aromatic nitrogens is 1. The zero-order valence-corrected chi connectivity index (χ0v) is 11.1. The Morgan fingerprint density at radius 1 is 1.33 bits per heavy atom. The molecule has 0 aliphatic carbocycles.